The Kier molecular flexibility index (Phi) is 3.69. The summed E-state index contributed by atoms with van der Waals surface area (Å²) in [5.74, 6) is -0.0674. The smallest absolute Gasteiger partial charge is 0.251 e. The number of carbonyl (C=O) groups is 1. The SMILES string of the molecule is CCC(NC(=O)c1ccc2cc[nH]c2c1)c1cccnc1. The number of H-pyrrole nitrogens is 1. The quantitative estimate of drug-likeness (QED) is 0.768. The van der Waals surface area contributed by atoms with Crippen molar-refractivity contribution in [2.24, 2.45) is 0 Å². The first-order chi connectivity index (χ1) is 10.3. The van der Waals surface area contributed by atoms with E-state index in [1.807, 2.05) is 49.5 Å². The van der Waals surface area contributed by atoms with E-state index < -0.39 is 0 Å². The van der Waals surface area contributed by atoms with Gasteiger partial charge < -0.3 is 10.3 Å². The molecule has 4 heteroatoms. The zero-order valence-electron chi connectivity index (χ0n) is 11.8. The number of aromatic amines is 1. The first-order valence-electron chi connectivity index (χ1n) is 7.06. The van der Waals surface area contributed by atoms with Gasteiger partial charge in [-0.15, -0.1) is 0 Å². The highest BCUT2D eigenvalue weighted by Gasteiger charge is 2.14. The average Bonchev–Trinajstić information content (AvgIpc) is 3.00. The Labute approximate surface area is 123 Å². The number of benzene rings is 1. The number of carbonyl (C=O) groups excluding carboxylic acids is 1. The number of nitrogens with zero attached hydrogens (tertiary/aromatic N) is 1. The van der Waals surface area contributed by atoms with E-state index in [0.29, 0.717) is 5.56 Å². The van der Waals surface area contributed by atoms with Crippen molar-refractivity contribution in [2.45, 2.75) is 19.4 Å². The van der Waals surface area contributed by atoms with Gasteiger partial charge in [0.15, 0.2) is 0 Å². The predicted molar refractivity (Wildman–Crippen MR) is 83.0 cm³/mol. The lowest BCUT2D eigenvalue weighted by Gasteiger charge is -2.17. The molecule has 2 N–H and O–H groups in total. The number of aromatic nitrogens is 2. The van der Waals surface area contributed by atoms with Crippen molar-refractivity contribution in [1.82, 2.24) is 15.3 Å². The lowest BCUT2D eigenvalue weighted by Crippen LogP contribution is -2.28. The van der Waals surface area contributed by atoms with Crippen LogP contribution in [0.3, 0.4) is 0 Å². The average molecular weight is 279 g/mol. The molecule has 0 bridgehead atoms. The maximum atomic E-state index is 12.4. The Morgan fingerprint density at radius 2 is 2.24 bits per heavy atom. The fourth-order valence-electron chi connectivity index (χ4n) is 2.43. The van der Waals surface area contributed by atoms with Crippen LogP contribution in [0.2, 0.25) is 0 Å². The number of hydrogen-bond donors (Lipinski definition) is 2. The van der Waals surface area contributed by atoms with Crippen molar-refractivity contribution in [1.29, 1.82) is 0 Å². The minimum absolute atomic E-state index is 0.0226. The monoisotopic (exact) mass is 279 g/mol. The topological polar surface area (TPSA) is 57.8 Å². The van der Waals surface area contributed by atoms with E-state index in [9.17, 15) is 4.79 Å². The third-order valence-electron chi connectivity index (χ3n) is 3.62. The van der Waals surface area contributed by atoms with Crippen LogP contribution in [0.25, 0.3) is 10.9 Å². The molecule has 0 aliphatic carbocycles. The predicted octanol–water partition coefficient (Wildman–Crippen LogP) is 3.44. The molecule has 0 aliphatic heterocycles. The van der Waals surface area contributed by atoms with Crippen molar-refractivity contribution in [3.8, 4) is 0 Å². The molecule has 0 spiro atoms. The molecule has 3 rings (SSSR count). The summed E-state index contributed by atoms with van der Waals surface area (Å²) in [7, 11) is 0. The van der Waals surface area contributed by atoms with Crippen molar-refractivity contribution in [3.05, 3.63) is 66.1 Å². The van der Waals surface area contributed by atoms with Gasteiger partial charge in [-0.05, 0) is 41.6 Å². The molecule has 0 radical (unpaired) electrons. The molecule has 3 aromatic rings. The molecule has 1 amide bonds. The lowest BCUT2D eigenvalue weighted by atomic mass is 10.1. The molecule has 0 saturated carbocycles. The number of amides is 1. The molecule has 4 nitrogen and oxygen atoms in total. The standard InChI is InChI=1S/C17H17N3O/c1-2-15(14-4-3-8-18-11-14)20-17(21)13-6-5-12-7-9-19-16(12)10-13/h3-11,15,19H,2H2,1H3,(H,20,21). The summed E-state index contributed by atoms with van der Waals surface area (Å²) in [5, 5.41) is 4.17. The van der Waals surface area contributed by atoms with Crippen LogP contribution in [0.5, 0.6) is 0 Å². The zero-order valence-corrected chi connectivity index (χ0v) is 11.8. The maximum absolute atomic E-state index is 12.4. The van der Waals surface area contributed by atoms with E-state index in [0.717, 1.165) is 22.9 Å². The van der Waals surface area contributed by atoms with Gasteiger partial charge in [-0.3, -0.25) is 9.78 Å². The summed E-state index contributed by atoms with van der Waals surface area (Å²) in [6.45, 7) is 2.05. The second-order valence-corrected chi connectivity index (χ2v) is 5.00. The molecular formula is C17H17N3O. The van der Waals surface area contributed by atoms with Crippen LogP contribution in [0, 0.1) is 0 Å². The van der Waals surface area contributed by atoms with E-state index in [4.69, 9.17) is 0 Å². The maximum Gasteiger partial charge on any atom is 0.251 e. The van der Waals surface area contributed by atoms with Crippen LogP contribution in [0.4, 0.5) is 0 Å². The highest BCUT2D eigenvalue weighted by Crippen LogP contribution is 2.18. The van der Waals surface area contributed by atoms with Gasteiger partial charge in [-0.2, -0.15) is 0 Å². The Morgan fingerprint density at radius 1 is 1.33 bits per heavy atom. The molecule has 1 unspecified atom stereocenters. The number of fused-ring (bicyclic) bond motifs is 1. The molecule has 0 fully saturated rings. The van der Waals surface area contributed by atoms with Crippen molar-refractivity contribution in [2.75, 3.05) is 0 Å². The molecular weight excluding hydrogens is 262 g/mol. The highest BCUT2D eigenvalue weighted by atomic mass is 16.1. The van der Waals surface area contributed by atoms with Crippen LogP contribution in [0.15, 0.2) is 55.0 Å². The molecule has 1 aromatic carbocycles. The second-order valence-electron chi connectivity index (χ2n) is 5.00. The molecule has 2 heterocycles. The van der Waals surface area contributed by atoms with Crippen LogP contribution >= 0.6 is 0 Å². The van der Waals surface area contributed by atoms with Crippen LogP contribution in [-0.4, -0.2) is 15.9 Å². The largest absolute Gasteiger partial charge is 0.361 e. The van der Waals surface area contributed by atoms with Gasteiger partial charge in [-0.1, -0.05) is 19.1 Å². The van der Waals surface area contributed by atoms with Gasteiger partial charge in [0.25, 0.3) is 5.91 Å². The van der Waals surface area contributed by atoms with Crippen molar-refractivity contribution < 1.29 is 4.79 Å². The summed E-state index contributed by atoms with van der Waals surface area (Å²) >= 11 is 0. The number of hydrogen-bond acceptors (Lipinski definition) is 2. The number of nitrogens with one attached hydrogen (secondary N) is 2. The van der Waals surface area contributed by atoms with Crippen LogP contribution in [-0.2, 0) is 0 Å². The molecule has 106 valence electrons. The van der Waals surface area contributed by atoms with Gasteiger partial charge in [-0.25, -0.2) is 0 Å². The van der Waals surface area contributed by atoms with E-state index in [2.05, 4.69) is 15.3 Å². The van der Waals surface area contributed by atoms with Gasteiger partial charge in [0.1, 0.15) is 0 Å². The van der Waals surface area contributed by atoms with E-state index in [-0.39, 0.29) is 11.9 Å². The Bertz CT molecular complexity index is 749. The van der Waals surface area contributed by atoms with Crippen molar-refractivity contribution >= 4 is 16.8 Å². The van der Waals surface area contributed by atoms with Crippen LogP contribution < -0.4 is 5.32 Å². The minimum atomic E-state index is -0.0674. The summed E-state index contributed by atoms with van der Waals surface area (Å²) in [5.41, 5.74) is 2.65. The summed E-state index contributed by atoms with van der Waals surface area (Å²) in [4.78, 5) is 19.6. The Balaban J connectivity index is 1.81. The number of pyridine rings is 1. The molecule has 2 aromatic heterocycles. The fraction of sp³-hybridized carbons (Fsp3) is 0.176. The van der Waals surface area contributed by atoms with Gasteiger partial charge in [0.2, 0.25) is 0 Å². The minimum Gasteiger partial charge on any atom is -0.361 e. The van der Waals surface area contributed by atoms with Gasteiger partial charge in [0.05, 0.1) is 6.04 Å². The van der Waals surface area contributed by atoms with E-state index in [1.54, 1.807) is 12.4 Å². The molecule has 1 atom stereocenters. The summed E-state index contributed by atoms with van der Waals surface area (Å²) in [6.07, 6.45) is 6.22. The molecule has 21 heavy (non-hydrogen) atoms. The normalized spacial score (nSPS) is 12.2. The third-order valence-corrected chi connectivity index (χ3v) is 3.62. The summed E-state index contributed by atoms with van der Waals surface area (Å²) < 4.78 is 0. The van der Waals surface area contributed by atoms with Gasteiger partial charge in [0, 0.05) is 29.7 Å². The first kappa shape index (κ1) is 13.4. The summed E-state index contributed by atoms with van der Waals surface area (Å²) in [6, 6.07) is 11.5. The van der Waals surface area contributed by atoms with Crippen molar-refractivity contribution in [3.63, 3.8) is 0 Å². The van der Waals surface area contributed by atoms with Crippen LogP contribution in [0.1, 0.15) is 35.3 Å². The van der Waals surface area contributed by atoms with E-state index >= 15 is 0 Å². The van der Waals surface area contributed by atoms with E-state index in [1.165, 1.54) is 0 Å². The Morgan fingerprint density at radius 3 is 3.00 bits per heavy atom. The first-order valence-corrected chi connectivity index (χ1v) is 7.06. The zero-order chi connectivity index (χ0) is 14.7. The molecule has 0 saturated heterocycles. The van der Waals surface area contributed by atoms with Gasteiger partial charge >= 0.3 is 0 Å². The highest BCUT2D eigenvalue weighted by molar-refractivity contribution is 5.98. The third kappa shape index (κ3) is 2.79. The second kappa shape index (κ2) is 5.79. The fourth-order valence-corrected chi connectivity index (χ4v) is 2.43. The Hall–Kier alpha value is -2.62. The molecule has 0 aliphatic rings. The number of rotatable bonds is 4. The lowest BCUT2D eigenvalue weighted by molar-refractivity contribution is 0.0935.